The summed E-state index contributed by atoms with van der Waals surface area (Å²) in [6.45, 7) is 0. The third-order valence-corrected chi connectivity index (χ3v) is 2.60. The second-order valence-corrected chi connectivity index (χ2v) is 4.08. The van der Waals surface area contributed by atoms with E-state index in [9.17, 15) is 9.59 Å². The summed E-state index contributed by atoms with van der Waals surface area (Å²) in [5, 5.41) is 9.32. The highest BCUT2D eigenvalue weighted by Gasteiger charge is 2.22. The zero-order valence-corrected chi connectivity index (χ0v) is 10.1. The fourth-order valence-corrected chi connectivity index (χ4v) is 1.65. The Morgan fingerprint density at radius 3 is 2.41 bits per heavy atom. The molecule has 0 amide bonds. The van der Waals surface area contributed by atoms with E-state index in [1.165, 1.54) is 7.11 Å². The molecule has 0 radical (unpaired) electrons. The Labute approximate surface area is 104 Å². The summed E-state index contributed by atoms with van der Waals surface area (Å²) in [4.78, 5) is 22.1. The lowest BCUT2D eigenvalue weighted by Gasteiger charge is -2.12. The number of benzene rings is 1. The number of carbonyl (C=O) groups is 2. The molecule has 4 nitrogen and oxygen atoms in total. The number of carbonyl (C=O) groups excluding carboxylic acids is 1. The second-order valence-electron chi connectivity index (χ2n) is 3.65. The molecule has 0 spiro atoms. The zero-order valence-electron chi connectivity index (χ0n) is 9.35. The average molecular weight is 257 g/mol. The zero-order chi connectivity index (χ0) is 12.8. The van der Waals surface area contributed by atoms with Crippen molar-refractivity contribution in [3.05, 3.63) is 34.9 Å². The third-order valence-electron chi connectivity index (χ3n) is 2.35. The van der Waals surface area contributed by atoms with Gasteiger partial charge in [-0.2, -0.15) is 0 Å². The van der Waals surface area contributed by atoms with Crippen LogP contribution in [0.25, 0.3) is 0 Å². The Bertz CT molecular complexity index is 399. The molecule has 0 saturated carbocycles. The average Bonchev–Trinajstić information content (AvgIpc) is 2.29. The summed E-state index contributed by atoms with van der Waals surface area (Å²) >= 11 is 5.74. The van der Waals surface area contributed by atoms with Gasteiger partial charge in [0.1, 0.15) is 0 Å². The van der Waals surface area contributed by atoms with Gasteiger partial charge in [0.05, 0.1) is 19.4 Å². The molecule has 0 heterocycles. The molecule has 0 unspecified atom stereocenters. The van der Waals surface area contributed by atoms with Crippen molar-refractivity contribution in [3.8, 4) is 0 Å². The first-order valence-corrected chi connectivity index (χ1v) is 5.44. The van der Waals surface area contributed by atoms with Crippen LogP contribution in [0.1, 0.15) is 12.0 Å². The van der Waals surface area contributed by atoms with E-state index in [4.69, 9.17) is 16.7 Å². The van der Waals surface area contributed by atoms with E-state index < -0.39 is 17.9 Å². The number of ether oxygens (including phenoxy) is 1. The highest BCUT2D eigenvalue weighted by molar-refractivity contribution is 6.30. The maximum atomic E-state index is 11.4. The number of carboxylic acids is 1. The molecule has 0 aliphatic heterocycles. The molecule has 1 aromatic rings. The van der Waals surface area contributed by atoms with Crippen LogP contribution in [0, 0.1) is 5.92 Å². The van der Waals surface area contributed by atoms with Gasteiger partial charge in [0.2, 0.25) is 0 Å². The summed E-state index contributed by atoms with van der Waals surface area (Å²) in [6, 6.07) is 6.93. The highest BCUT2D eigenvalue weighted by Crippen LogP contribution is 2.16. The second kappa shape index (κ2) is 6.25. The van der Waals surface area contributed by atoms with Gasteiger partial charge < -0.3 is 9.84 Å². The SMILES string of the molecule is COC(=O)[C@H](CC(=O)O)Cc1ccc(Cl)cc1. The molecular weight excluding hydrogens is 244 g/mol. The topological polar surface area (TPSA) is 63.6 Å². The number of methoxy groups -OCH3 is 1. The van der Waals surface area contributed by atoms with Crippen LogP contribution >= 0.6 is 11.6 Å². The summed E-state index contributed by atoms with van der Waals surface area (Å²) in [5.41, 5.74) is 0.853. The minimum atomic E-state index is -1.02. The van der Waals surface area contributed by atoms with Gasteiger partial charge in [-0.15, -0.1) is 0 Å². The number of aliphatic carboxylic acids is 1. The van der Waals surface area contributed by atoms with Gasteiger partial charge >= 0.3 is 11.9 Å². The Hall–Kier alpha value is -1.55. The Balaban J connectivity index is 2.75. The standard InChI is InChI=1S/C12H13ClO4/c1-17-12(16)9(7-11(14)15)6-8-2-4-10(13)5-3-8/h2-5,9H,6-7H2,1H3,(H,14,15)/t9-/m0/s1. The number of hydrogen-bond acceptors (Lipinski definition) is 3. The lowest BCUT2D eigenvalue weighted by molar-refractivity contribution is -0.150. The van der Waals surface area contributed by atoms with Gasteiger partial charge in [0, 0.05) is 5.02 Å². The van der Waals surface area contributed by atoms with Crippen LogP contribution in [0.15, 0.2) is 24.3 Å². The van der Waals surface area contributed by atoms with Gasteiger partial charge in [-0.25, -0.2) is 0 Å². The Morgan fingerprint density at radius 2 is 1.94 bits per heavy atom. The smallest absolute Gasteiger partial charge is 0.309 e. The molecule has 0 aromatic heterocycles. The first-order valence-electron chi connectivity index (χ1n) is 5.07. The number of carboxylic acid groups (broad SMARTS) is 1. The predicted molar refractivity (Wildman–Crippen MR) is 62.9 cm³/mol. The maximum absolute atomic E-state index is 11.4. The number of halogens is 1. The molecular formula is C12H13ClO4. The molecule has 0 aliphatic carbocycles. The van der Waals surface area contributed by atoms with E-state index in [1.807, 2.05) is 0 Å². The van der Waals surface area contributed by atoms with Crippen molar-refractivity contribution in [1.82, 2.24) is 0 Å². The van der Waals surface area contributed by atoms with E-state index >= 15 is 0 Å². The lowest BCUT2D eigenvalue weighted by atomic mass is 9.96. The van der Waals surface area contributed by atoms with Crippen molar-refractivity contribution in [3.63, 3.8) is 0 Å². The minimum Gasteiger partial charge on any atom is -0.481 e. The molecule has 0 saturated heterocycles. The van der Waals surface area contributed by atoms with E-state index in [0.29, 0.717) is 11.4 Å². The fraction of sp³-hybridized carbons (Fsp3) is 0.333. The minimum absolute atomic E-state index is 0.241. The van der Waals surface area contributed by atoms with Gasteiger partial charge in [-0.05, 0) is 24.1 Å². The molecule has 1 rings (SSSR count). The molecule has 1 N–H and O–H groups in total. The number of esters is 1. The van der Waals surface area contributed by atoms with E-state index in [0.717, 1.165) is 5.56 Å². The predicted octanol–water partition coefficient (Wildman–Crippen LogP) is 2.15. The van der Waals surface area contributed by atoms with Crippen molar-refractivity contribution in [1.29, 1.82) is 0 Å². The summed E-state index contributed by atoms with van der Waals surface area (Å²) in [6.07, 6.45) is 0.0887. The van der Waals surface area contributed by atoms with Crippen LogP contribution in [-0.2, 0) is 20.7 Å². The molecule has 0 fully saturated rings. The number of rotatable bonds is 5. The van der Waals surface area contributed by atoms with Crippen molar-refractivity contribution < 1.29 is 19.4 Å². The van der Waals surface area contributed by atoms with E-state index in [1.54, 1.807) is 24.3 Å². The molecule has 17 heavy (non-hydrogen) atoms. The van der Waals surface area contributed by atoms with Crippen molar-refractivity contribution in [2.45, 2.75) is 12.8 Å². The first-order chi connectivity index (χ1) is 8.02. The quantitative estimate of drug-likeness (QED) is 0.820. The third kappa shape index (κ3) is 4.44. The van der Waals surface area contributed by atoms with Gasteiger partial charge in [0.15, 0.2) is 0 Å². The van der Waals surface area contributed by atoms with Crippen LogP contribution < -0.4 is 0 Å². The molecule has 1 aromatic carbocycles. The fourth-order valence-electron chi connectivity index (χ4n) is 1.52. The van der Waals surface area contributed by atoms with Crippen LogP contribution in [0.5, 0.6) is 0 Å². The molecule has 0 aliphatic rings. The van der Waals surface area contributed by atoms with E-state index in [-0.39, 0.29) is 6.42 Å². The van der Waals surface area contributed by atoms with Crippen molar-refractivity contribution >= 4 is 23.5 Å². The molecule has 92 valence electrons. The van der Waals surface area contributed by atoms with Crippen LogP contribution in [0.2, 0.25) is 5.02 Å². The van der Waals surface area contributed by atoms with Crippen LogP contribution in [0.4, 0.5) is 0 Å². The van der Waals surface area contributed by atoms with Crippen molar-refractivity contribution in [2.75, 3.05) is 7.11 Å². The largest absolute Gasteiger partial charge is 0.481 e. The van der Waals surface area contributed by atoms with Crippen molar-refractivity contribution in [2.24, 2.45) is 5.92 Å². The molecule has 5 heteroatoms. The van der Waals surface area contributed by atoms with Crippen LogP contribution in [-0.4, -0.2) is 24.2 Å². The Kier molecular flexibility index (Phi) is 4.97. The highest BCUT2D eigenvalue weighted by atomic mass is 35.5. The van der Waals surface area contributed by atoms with Crippen LogP contribution in [0.3, 0.4) is 0 Å². The normalized spacial score (nSPS) is 11.9. The summed E-state index contributed by atoms with van der Waals surface area (Å²) < 4.78 is 4.58. The van der Waals surface area contributed by atoms with Gasteiger partial charge in [0.25, 0.3) is 0 Å². The van der Waals surface area contributed by atoms with Gasteiger partial charge in [-0.3, -0.25) is 9.59 Å². The monoisotopic (exact) mass is 256 g/mol. The Morgan fingerprint density at radius 1 is 1.35 bits per heavy atom. The summed E-state index contributed by atoms with van der Waals surface area (Å²) in [5.74, 6) is -2.20. The molecule has 0 bridgehead atoms. The maximum Gasteiger partial charge on any atom is 0.309 e. The lowest BCUT2D eigenvalue weighted by Crippen LogP contribution is -2.22. The number of hydrogen-bond donors (Lipinski definition) is 1. The first kappa shape index (κ1) is 13.5. The molecule has 1 atom stereocenters. The van der Waals surface area contributed by atoms with Gasteiger partial charge in [-0.1, -0.05) is 23.7 Å². The summed E-state index contributed by atoms with van der Waals surface area (Å²) in [7, 11) is 1.25. The van der Waals surface area contributed by atoms with E-state index in [2.05, 4.69) is 4.74 Å².